The average molecular weight is 265 g/mol. The zero-order chi connectivity index (χ0) is 13.1. The highest BCUT2D eigenvalue weighted by Crippen LogP contribution is 2.34. The van der Waals surface area contributed by atoms with Crippen molar-refractivity contribution in [3.8, 4) is 0 Å². The molecular weight excluding hydrogens is 234 g/mol. The molecule has 19 heavy (non-hydrogen) atoms. The summed E-state index contributed by atoms with van der Waals surface area (Å²) < 4.78 is 0. The molecule has 3 heterocycles. The third-order valence-electron chi connectivity index (χ3n) is 5.62. The molecule has 3 rings (SSSR count). The van der Waals surface area contributed by atoms with Gasteiger partial charge >= 0.3 is 0 Å². The van der Waals surface area contributed by atoms with Gasteiger partial charge in [-0.25, -0.2) is 0 Å². The first kappa shape index (κ1) is 13.8. The van der Waals surface area contributed by atoms with Crippen molar-refractivity contribution in [2.75, 3.05) is 33.2 Å². The van der Waals surface area contributed by atoms with Crippen molar-refractivity contribution in [2.24, 2.45) is 0 Å². The molecule has 0 saturated carbocycles. The highest BCUT2D eigenvalue weighted by atomic mass is 15.2. The van der Waals surface area contributed by atoms with E-state index in [1.165, 1.54) is 77.5 Å². The molecule has 2 unspecified atom stereocenters. The molecule has 3 aliphatic heterocycles. The van der Waals surface area contributed by atoms with Crippen molar-refractivity contribution >= 4 is 0 Å². The molecule has 3 aliphatic rings. The van der Waals surface area contributed by atoms with Gasteiger partial charge in [-0.3, -0.25) is 4.90 Å². The van der Waals surface area contributed by atoms with E-state index < -0.39 is 0 Å². The minimum Gasteiger partial charge on any atom is -0.317 e. The second-order valence-electron chi connectivity index (χ2n) is 6.84. The molecule has 3 heteroatoms. The van der Waals surface area contributed by atoms with Crippen molar-refractivity contribution in [1.82, 2.24) is 15.1 Å². The molecule has 110 valence electrons. The maximum Gasteiger partial charge on any atom is 0.0113 e. The number of rotatable bonds is 5. The number of likely N-dealkylation sites (tertiary alicyclic amines) is 1. The highest BCUT2D eigenvalue weighted by Gasteiger charge is 2.37. The van der Waals surface area contributed by atoms with Crippen LogP contribution in [-0.2, 0) is 0 Å². The molecule has 0 spiro atoms. The fourth-order valence-corrected chi connectivity index (χ4v) is 4.56. The van der Waals surface area contributed by atoms with Gasteiger partial charge in [-0.2, -0.15) is 0 Å². The molecule has 0 aromatic carbocycles. The summed E-state index contributed by atoms with van der Waals surface area (Å²) in [5, 5.41) is 3.52. The minimum atomic E-state index is 0.783. The molecule has 2 atom stereocenters. The van der Waals surface area contributed by atoms with Gasteiger partial charge in [0.25, 0.3) is 0 Å². The summed E-state index contributed by atoms with van der Waals surface area (Å²) >= 11 is 0. The Bertz CT molecular complexity index is 261. The van der Waals surface area contributed by atoms with Crippen LogP contribution < -0.4 is 5.32 Å². The maximum atomic E-state index is 3.52. The standard InChI is InChI=1S/C16H31N3/c1-17-14-12-15-6-4-7-16(13-14)19(15)11-5-10-18-8-2-3-9-18/h14-17H,2-13H2,1H3. The van der Waals surface area contributed by atoms with Crippen molar-refractivity contribution in [2.45, 2.75) is 69.5 Å². The summed E-state index contributed by atoms with van der Waals surface area (Å²) in [6, 6.07) is 2.54. The van der Waals surface area contributed by atoms with Gasteiger partial charge in [0.05, 0.1) is 0 Å². The third-order valence-corrected chi connectivity index (χ3v) is 5.62. The van der Waals surface area contributed by atoms with E-state index in [9.17, 15) is 0 Å². The predicted molar refractivity (Wildman–Crippen MR) is 80.5 cm³/mol. The molecule has 2 bridgehead atoms. The number of nitrogens with zero attached hydrogens (tertiary/aromatic N) is 2. The van der Waals surface area contributed by atoms with E-state index in [2.05, 4.69) is 22.2 Å². The Hall–Kier alpha value is -0.120. The van der Waals surface area contributed by atoms with Crippen LogP contribution >= 0.6 is 0 Å². The Labute approximate surface area is 118 Å². The van der Waals surface area contributed by atoms with Gasteiger partial charge in [-0.15, -0.1) is 0 Å². The van der Waals surface area contributed by atoms with Gasteiger partial charge in [0.1, 0.15) is 0 Å². The summed E-state index contributed by atoms with van der Waals surface area (Å²) in [7, 11) is 2.14. The summed E-state index contributed by atoms with van der Waals surface area (Å²) in [5.74, 6) is 0. The van der Waals surface area contributed by atoms with Gasteiger partial charge in [0.15, 0.2) is 0 Å². The smallest absolute Gasteiger partial charge is 0.0113 e. The fraction of sp³-hybridized carbons (Fsp3) is 1.00. The van der Waals surface area contributed by atoms with Crippen LogP contribution in [-0.4, -0.2) is 61.2 Å². The second-order valence-corrected chi connectivity index (χ2v) is 6.84. The zero-order valence-corrected chi connectivity index (χ0v) is 12.6. The van der Waals surface area contributed by atoms with Crippen LogP contribution in [0, 0.1) is 0 Å². The van der Waals surface area contributed by atoms with Crippen LogP contribution in [0.5, 0.6) is 0 Å². The van der Waals surface area contributed by atoms with Gasteiger partial charge in [-0.05, 0) is 78.2 Å². The van der Waals surface area contributed by atoms with Crippen molar-refractivity contribution in [3.63, 3.8) is 0 Å². The van der Waals surface area contributed by atoms with Crippen LogP contribution in [0.3, 0.4) is 0 Å². The number of fused-ring (bicyclic) bond motifs is 2. The second kappa shape index (κ2) is 6.55. The van der Waals surface area contributed by atoms with Crippen molar-refractivity contribution in [3.05, 3.63) is 0 Å². The lowest BCUT2D eigenvalue weighted by Gasteiger charge is -2.49. The molecule has 0 aromatic rings. The minimum absolute atomic E-state index is 0.783. The topological polar surface area (TPSA) is 18.5 Å². The lowest BCUT2D eigenvalue weighted by Crippen LogP contribution is -2.56. The number of nitrogens with one attached hydrogen (secondary N) is 1. The first-order chi connectivity index (χ1) is 9.36. The van der Waals surface area contributed by atoms with Crippen LogP contribution in [0.4, 0.5) is 0 Å². The summed E-state index contributed by atoms with van der Waals surface area (Å²) in [5.41, 5.74) is 0. The fourth-order valence-electron chi connectivity index (χ4n) is 4.56. The molecule has 0 radical (unpaired) electrons. The Morgan fingerprint density at radius 3 is 2.26 bits per heavy atom. The molecule has 3 nitrogen and oxygen atoms in total. The van der Waals surface area contributed by atoms with E-state index in [-0.39, 0.29) is 0 Å². The van der Waals surface area contributed by atoms with E-state index in [4.69, 9.17) is 0 Å². The van der Waals surface area contributed by atoms with Crippen LogP contribution in [0.1, 0.15) is 51.4 Å². The van der Waals surface area contributed by atoms with E-state index >= 15 is 0 Å². The molecule has 0 aliphatic carbocycles. The normalized spacial score (nSPS) is 36.8. The Morgan fingerprint density at radius 2 is 1.63 bits per heavy atom. The number of hydrogen-bond donors (Lipinski definition) is 1. The van der Waals surface area contributed by atoms with Crippen molar-refractivity contribution in [1.29, 1.82) is 0 Å². The molecule has 3 saturated heterocycles. The van der Waals surface area contributed by atoms with E-state index in [0.717, 1.165) is 18.1 Å². The van der Waals surface area contributed by atoms with Crippen LogP contribution in [0.25, 0.3) is 0 Å². The highest BCUT2D eigenvalue weighted by molar-refractivity contribution is 4.94. The van der Waals surface area contributed by atoms with Gasteiger partial charge < -0.3 is 10.2 Å². The maximum absolute atomic E-state index is 3.52. The quantitative estimate of drug-likeness (QED) is 0.821. The van der Waals surface area contributed by atoms with Gasteiger partial charge in [0, 0.05) is 18.1 Å². The summed E-state index contributed by atoms with van der Waals surface area (Å²) in [4.78, 5) is 5.53. The van der Waals surface area contributed by atoms with E-state index in [1.807, 2.05) is 0 Å². The van der Waals surface area contributed by atoms with Gasteiger partial charge in [-0.1, -0.05) is 6.42 Å². The Kier molecular flexibility index (Phi) is 4.78. The first-order valence-electron chi connectivity index (χ1n) is 8.52. The van der Waals surface area contributed by atoms with Gasteiger partial charge in [0.2, 0.25) is 0 Å². The van der Waals surface area contributed by atoms with Crippen molar-refractivity contribution < 1.29 is 0 Å². The largest absolute Gasteiger partial charge is 0.317 e. The summed E-state index contributed by atoms with van der Waals surface area (Å²) in [6.07, 6.45) is 11.4. The van der Waals surface area contributed by atoms with Crippen LogP contribution in [0.15, 0.2) is 0 Å². The lowest BCUT2D eigenvalue weighted by molar-refractivity contribution is 0.0235. The van der Waals surface area contributed by atoms with Crippen LogP contribution in [0.2, 0.25) is 0 Å². The van der Waals surface area contributed by atoms with E-state index in [0.29, 0.717) is 0 Å². The number of hydrogen-bond acceptors (Lipinski definition) is 3. The predicted octanol–water partition coefficient (Wildman–Crippen LogP) is 2.08. The molecule has 1 N–H and O–H groups in total. The SMILES string of the molecule is CNC1CC2CCCC(C1)N2CCCN1CCCC1. The molecule has 0 aromatic heterocycles. The zero-order valence-electron chi connectivity index (χ0n) is 12.6. The number of piperidine rings is 2. The average Bonchev–Trinajstić information content (AvgIpc) is 2.91. The molecule has 3 fully saturated rings. The molecular formula is C16H31N3. The molecule has 0 amide bonds. The van der Waals surface area contributed by atoms with E-state index in [1.54, 1.807) is 0 Å². The first-order valence-corrected chi connectivity index (χ1v) is 8.52. The monoisotopic (exact) mass is 265 g/mol. The lowest BCUT2D eigenvalue weighted by atomic mass is 9.81. The Morgan fingerprint density at radius 1 is 0.947 bits per heavy atom. The third kappa shape index (κ3) is 3.32. The Balaban J connectivity index is 1.46. The summed E-state index contributed by atoms with van der Waals surface area (Å²) in [6.45, 7) is 5.40.